The van der Waals surface area contributed by atoms with Crippen molar-refractivity contribution in [2.24, 2.45) is 5.73 Å². The topological polar surface area (TPSA) is 35.2 Å². The molecule has 2 unspecified atom stereocenters. The highest BCUT2D eigenvalue weighted by Gasteiger charge is 2.24. The van der Waals surface area contributed by atoms with Crippen LogP contribution in [-0.4, -0.2) is 24.7 Å². The van der Waals surface area contributed by atoms with Crippen LogP contribution in [-0.2, 0) is 11.2 Å². The molecule has 2 atom stereocenters. The molecule has 1 aliphatic rings. The second-order valence-corrected chi connectivity index (χ2v) is 6.22. The Bertz CT molecular complexity index is 369. The van der Waals surface area contributed by atoms with Gasteiger partial charge in [-0.25, -0.2) is 0 Å². The number of hydrogen-bond acceptors (Lipinski definition) is 3. The minimum Gasteiger partial charge on any atom is -0.385 e. The van der Waals surface area contributed by atoms with Gasteiger partial charge in [0.2, 0.25) is 0 Å². The minimum atomic E-state index is 0.191. The summed E-state index contributed by atoms with van der Waals surface area (Å²) in [6.07, 6.45) is 4.78. The van der Waals surface area contributed by atoms with E-state index in [2.05, 4.69) is 24.3 Å². The number of thioether (sulfide) groups is 1. The molecule has 1 aromatic carbocycles. The lowest BCUT2D eigenvalue weighted by Gasteiger charge is -2.22. The van der Waals surface area contributed by atoms with Gasteiger partial charge in [-0.05, 0) is 42.6 Å². The van der Waals surface area contributed by atoms with E-state index in [9.17, 15) is 0 Å². The molecule has 0 fully saturated rings. The summed E-state index contributed by atoms with van der Waals surface area (Å²) in [6.45, 7) is 0.853. The van der Waals surface area contributed by atoms with Gasteiger partial charge in [0.1, 0.15) is 0 Å². The monoisotopic (exact) mass is 265 g/mol. The molecule has 0 spiro atoms. The largest absolute Gasteiger partial charge is 0.385 e. The van der Waals surface area contributed by atoms with E-state index in [1.165, 1.54) is 30.4 Å². The average Bonchev–Trinajstić information content (AvgIpc) is 2.56. The second-order valence-electron chi connectivity index (χ2n) is 4.87. The zero-order valence-corrected chi connectivity index (χ0v) is 11.9. The van der Waals surface area contributed by atoms with Gasteiger partial charge >= 0.3 is 0 Å². The summed E-state index contributed by atoms with van der Waals surface area (Å²) in [6, 6.07) is 8.85. The zero-order valence-electron chi connectivity index (χ0n) is 11.1. The average molecular weight is 265 g/mol. The Hall–Kier alpha value is -0.510. The van der Waals surface area contributed by atoms with E-state index >= 15 is 0 Å². The van der Waals surface area contributed by atoms with Crippen molar-refractivity contribution < 1.29 is 4.74 Å². The minimum absolute atomic E-state index is 0.191. The molecule has 100 valence electrons. The first-order valence-electron chi connectivity index (χ1n) is 6.77. The molecule has 0 bridgehead atoms. The zero-order chi connectivity index (χ0) is 12.8. The molecule has 0 saturated carbocycles. The molecule has 0 aliphatic heterocycles. The molecule has 0 saturated heterocycles. The number of methoxy groups -OCH3 is 1. The Balaban J connectivity index is 1.97. The third kappa shape index (κ3) is 3.50. The predicted molar refractivity (Wildman–Crippen MR) is 79.0 cm³/mol. The normalized spacial score (nSPS) is 23.4. The number of hydrogen-bond donors (Lipinski definition) is 1. The van der Waals surface area contributed by atoms with Gasteiger partial charge in [-0.3, -0.25) is 0 Å². The van der Waals surface area contributed by atoms with Gasteiger partial charge in [-0.15, -0.1) is 0 Å². The van der Waals surface area contributed by atoms with Gasteiger partial charge in [0.15, 0.2) is 0 Å². The van der Waals surface area contributed by atoms with Crippen LogP contribution in [0.15, 0.2) is 24.3 Å². The number of benzene rings is 1. The van der Waals surface area contributed by atoms with Crippen molar-refractivity contribution >= 4 is 11.8 Å². The van der Waals surface area contributed by atoms with E-state index < -0.39 is 0 Å². The first kappa shape index (κ1) is 13.9. The first-order valence-corrected chi connectivity index (χ1v) is 7.81. The Kier molecular flexibility index (Phi) is 5.54. The van der Waals surface area contributed by atoms with Crippen LogP contribution in [0.25, 0.3) is 0 Å². The van der Waals surface area contributed by atoms with Crippen molar-refractivity contribution in [2.75, 3.05) is 19.5 Å². The third-order valence-electron chi connectivity index (χ3n) is 3.57. The Morgan fingerprint density at radius 3 is 3.06 bits per heavy atom. The molecule has 1 aromatic rings. The highest BCUT2D eigenvalue weighted by atomic mass is 32.2. The smallest absolute Gasteiger partial charge is 0.0470 e. The summed E-state index contributed by atoms with van der Waals surface area (Å²) in [5.74, 6) is 1.15. The number of ether oxygens (including phenoxy) is 1. The maximum atomic E-state index is 6.45. The van der Waals surface area contributed by atoms with Crippen LogP contribution in [0.1, 0.15) is 36.4 Å². The van der Waals surface area contributed by atoms with Gasteiger partial charge in [0.05, 0.1) is 0 Å². The van der Waals surface area contributed by atoms with Crippen LogP contribution in [0.4, 0.5) is 0 Å². The maximum absolute atomic E-state index is 6.45. The van der Waals surface area contributed by atoms with Crippen molar-refractivity contribution in [3.63, 3.8) is 0 Å². The van der Waals surface area contributed by atoms with E-state index in [1.54, 1.807) is 7.11 Å². The molecule has 2 rings (SSSR count). The quantitative estimate of drug-likeness (QED) is 0.656. The molecular formula is C15H23NOS. The molecule has 2 nitrogen and oxygen atoms in total. The van der Waals surface area contributed by atoms with Gasteiger partial charge in [-0.1, -0.05) is 24.3 Å². The molecule has 0 radical (unpaired) electrons. The Morgan fingerprint density at radius 1 is 1.39 bits per heavy atom. The van der Waals surface area contributed by atoms with Crippen LogP contribution in [0, 0.1) is 0 Å². The van der Waals surface area contributed by atoms with Crippen molar-refractivity contribution in [3.8, 4) is 0 Å². The third-order valence-corrected chi connectivity index (χ3v) is 5.06. The molecule has 2 N–H and O–H groups in total. The summed E-state index contributed by atoms with van der Waals surface area (Å²) in [7, 11) is 1.76. The van der Waals surface area contributed by atoms with Gasteiger partial charge in [0, 0.05) is 25.0 Å². The summed E-state index contributed by atoms with van der Waals surface area (Å²) < 4.78 is 5.09. The van der Waals surface area contributed by atoms with Crippen LogP contribution in [0.3, 0.4) is 0 Å². The molecule has 0 aromatic heterocycles. The lowest BCUT2D eigenvalue weighted by molar-refractivity contribution is 0.200. The number of aryl methyl sites for hydroxylation is 1. The Labute approximate surface area is 114 Å². The fourth-order valence-electron chi connectivity index (χ4n) is 2.59. The Morgan fingerprint density at radius 2 is 2.22 bits per heavy atom. The van der Waals surface area contributed by atoms with Crippen LogP contribution in [0.2, 0.25) is 0 Å². The van der Waals surface area contributed by atoms with Crippen LogP contribution >= 0.6 is 11.8 Å². The molecular weight excluding hydrogens is 242 g/mol. The van der Waals surface area contributed by atoms with Crippen molar-refractivity contribution in [2.45, 2.75) is 37.0 Å². The number of nitrogens with two attached hydrogens (primary N) is 1. The number of fused-ring (bicyclic) bond motifs is 1. The van der Waals surface area contributed by atoms with Crippen molar-refractivity contribution in [3.05, 3.63) is 35.4 Å². The van der Waals surface area contributed by atoms with Gasteiger partial charge in [-0.2, -0.15) is 11.8 Å². The van der Waals surface area contributed by atoms with E-state index in [4.69, 9.17) is 10.5 Å². The molecule has 1 aliphatic carbocycles. The van der Waals surface area contributed by atoms with Crippen LogP contribution in [0.5, 0.6) is 0 Å². The van der Waals surface area contributed by atoms with E-state index in [-0.39, 0.29) is 6.04 Å². The second kappa shape index (κ2) is 7.17. The fourth-order valence-corrected chi connectivity index (χ4v) is 3.86. The van der Waals surface area contributed by atoms with Crippen molar-refractivity contribution in [1.29, 1.82) is 0 Å². The van der Waals surface area contributed by atoms with E-state index in [0.29, 0.717) is 5.25 Å². The highest BCUT2D eigenvalue weighted by Crippen LogP contribution is 2.34. The summed E-state index contributed by atoms with van der Waals surface area (Å²) in [5, 5.41) is 0.561. The molecule has 18 heavy (non-hydrogen) atoms. The summed E-state index contributed by atoms with van der Waals surface area (Å²) in [5.41, 5.74) is 9.26. The first-order chi connectivity index (χ1) is 8.83. The standard InChI is InChI=1S/C15H23NOS/c1-17-10-5-11-18-14-9-4-7-12-6-2-3-8-13(12)15(14)16/h2-3,6,8,14-15H,4-5,7,9-11,16H2,1H3. The van der Waals surface area contributed by atoms with Gasteiger partial charge in [0.25, 0.3) is 0 Å². The van der Waals surface area contributed by atoms with Crippen LogP contribution < -0.4 is 5.73 Å². The molecule has 0 heterocycles. The number of rotatable bonds is 5. The van der Waals surface area contributed by atoms with Gasteiger partial charge < -0.3 is 10.5 Å². The fraction of sp³-hybridized carbons (Fsp3) is 0.600. The summed E-state index contributed by atoms with van der Waals surface area (Å²) in [4.78, 5) is 0. The SMILES string of the molecule is COCCCSC1CCCc2ccccc2C1N. The maximum Gasteiger partial charge on any atom is 0.0470 e. The molecule has 3 heteroatoms. The lowest BCUT2D eigenvalue weighted by atomic mass is 10.00. The lowest BCUT2D eigenvalue weighted by Crippen LogP contribution is -2.23. The van der Waals surface area contributed by atoms with E-state index in [1.807, 2.05) is 11.8 Å². The predicted octanol–water partition coefficient (Wildman–Crippen LogP) is 3.16. The van der Waals surface area contributed by atoms with E-state index in [0.717, 1.165) is 18.8 Å². The molecule has 0 amide bonds. The van der Waals surface area contributed by atoms with Crippen molar-refractivity contribution in [1.82, 2.24) is 0 Å². The highest BCUT2D eigenvalue weighted by molar-refractivity contribution is 7.99. The summed E-state index contributed by atoms with van der Waals surface area (Å²) >= 11 is 2.02.